The van der Waals surface area contributed by atoms with E-state index in [-0.39, 0.29) is 101 Å². The van der Waals surface area contributed by atoms with Crippen LogP contribution in [0.4, 0.5) is 0 Å². The summed E-state index contributed by atoms with van der Waals surface area (Å²) in [5.74, 6) is -15.7. The number of aromatic amines is 1. The summed E-state index contributed by atoms with van der Waals surface area (Å²) in [6.07, 6.45) is 1.20. The summed E-state index contributed by atoms with van der Waals surface area (Å²) in [5, 5.41) is 59.6. The first kappa shape index (κ1) is 87.2. The lowest BCUT2D eigenvalue weighted by Crippen LogP contribution is -2.64. The average Bonchev–Trinajstić information content (AvgIpc) is 1.68. The summed E-state index contributed by atoms with van der Waals surface area (Å²) in [6, 6.07) is 8.94. The third-order valence-electron chi connectivity index (χ3n) is 19.4. The van der Waals surface area contributed by atoms with E-state index in [1.807, 2.05) is 54.6 Å². The van der Waals surface area contributed by atoms with Gasteiger partial charge in [0.1, 0.15) is 72.0 Å². The number of carbonyl (C=O) groups excluding carboxylic acids is 13. The lowest BCUT2D eigenvalue weighted by atomic mass is 9.98. The highest BCUT2D eigenvalue weighted by Crippen LogP contribution is 2.30. The Balaban J connectivity index is 1.16. The van der Waals surface area contributed by atoms with Crippen LogP contribution < -0.4 is 75.7 Å². The molecule has 0 spiro atoms. The number of fused-ring (bicyclic) bond motifs is 2. The molecule has 38 heteroatoms. The molecule has 3 aliphatic heterocycles. The van der Waals surface area contributed by atoms with Crippen molar-refractivity contribution >= 4 is 138 Å². The van der Waals surface area contributed by atoms with Gasteiger partial charge in [-0.3, -0.25) is 77.3 Å². The molecule has 113 heavy (non-hydrogen) atoms. The molecular weight excluding hydrogens is 1500 g/mol. The Morgan fingerprint density at radius 1 is 0.619 bits per heavy atom. The van der Waals surface area contributed by atoms with Gasteiger partial charge in [-0.05, 0) is 117 Å². The van der Waals surface area contributed by atoms with Gasteiger partial charge in [0.05, 0.1) is 18.4 Å². The zero-order chi connectivity index (χ0) is 82.1. The maximum atomic E-state index is 15.5. The molecule has 5 aromatic rings. The Labute approximate surface area is 658 Å². The van der Waals surface area contributed by atoms with Crippen molar-refractivity contribution in [2.75, 3.05) is 37.7 Å². The number of carbonyl (C=O) groups is 15. The number of carboxylic acid groups (broad SMARTS) is 2. The number of rotatable bonds is 27. The molecule has 3 aliphatic rings. The van der Waals surface area contributed by atoms with Crippen molar-refractivity contribution in [3.05, 3.63) is 114 Å². The molecule has 0 aliphatic carbocycles. The summed E-state index contributed by atoms with van der Waals surface area (Å²) in [4.78, 5) is 222. The number of unbranched alkanes of at least 4 members (excludes halogenated alkanes) is 1. The number of nitrogens with one attached hydrogen (secondary N) is 13. The van der Waals surface area contributed by atoms with Crippen LogP contribution in [0.5, 0.6) is 0 Å². The second-order valence-corrected chi connectivity index (χ2v) is 31.1. The number of likely N-dealkylation sites (tertiary alicyclic amines) is 2. The van der Waals surface area contributed by atoms with Crippen LogP contribution in [0.15, 0.2) is 97.5 Å². The number of hydrogen-bond donors (Lipinski definition) is 18. The maximum Gasteiger partial charge on any atom is 0.305 e. The number of aliphatic carboxylic acids is 2. The minimum absolute atomic E-state index is 0.00357. The molecule has 4 heterocycles. The topological polar surface area (TPSA) is 566 Å². The minimum atomic E-state index is -1.98. The standard InChI is InChI=1S/C75H99N19O17S2/c1-41(95)83-56-38-112-113-39-57(71(109)94-30-12-20-59(94)72(110)93-29-11-19-58(93)70(108)86-49(17-8-9-27-76)63(101)87-52(62(77)100)36-61(98)99)91-73(111)75(2,3)92-69(107)54(34-43-22-24-45-14-5-7-16-47(45)32-43)89-64(102)50(18-10-28-81-74(78)79)84-66(104)53(33-42-21-23-44-13-4-6-15-46(44)31-42)88-67(105)55(35-48-37-80-40-82-48)90-65(103)51(85-68(56)106)25-26-60(96)97/h4-7,13-16,21-24,31-32,37,40,49-59H,8-12,17-20,25-30,33-36,38-39,76H2,1-3H3,(H2,77,100)(H,80,82)(H,83,95)(H,84,104)(H,85,106)(H,86,108)(H,87,101)(H,88,105)(H,89,102)(H,90,103)(H,91,111)(H,92,107)(H,96,97)(H,98,99)(H4,78,79,81)/t49-,50-,51-,52-,53+,54-,55-,56-,57-,58-,59-/m0/s1. The highest BCUT2D eigenvalue weighted by atomic mass is 33.1. The number of guanidine groups is 1. The minimum Gasteiger partial charge on any atom is -0.481 e. The first-order chi connectivity index (χ1) is 53.9. The molecule has 4 aromatic carbocycles. The maximum absolute atomic E-state index is 15.5. The van der Waals surface area contributed by atoms with Gasteiger partial charge in [0.15, 0.2) is 5.96 Å². The highest BCUT2D eigenvalue weighted by Gasteiger charge is 2.46. The van der Waals surface area contributed by atoms with E-state index in [1.165, 1.54) is 36.2 Å². The van der Waals surface area contributed by atoms with Crippen LogP contribution in [0.25, 0.3) is 21.5 Å². The first-order valence-corrected chi connectivity index (χ1v) is 39.7. The summed E-state index contributed by atoms with van der Waals surface area (Å²) in [6.45, 7) is 4.01. The number of imidazole rings is 1. The summed E-state index contributed by atoms with van der Waals surface area (Å²) < 4.78 is 0. The fraction of sp³-hybridized carbons (Fsp3) is 0.480. The van der Waals surface area contributed by atoms with Gasteiger partial charge in [0, 0.05) is 69.9 Å². The summed E-state index contributed by atoms with van der Waals surface area (Å²) in [5.41, 5.74) is 16.1. The monoisotopic (exact) mass is 1600 g/mol. The van der Waals surface area contributed by atoms with Gasteiger partial charge in [-0.1, -0.05) is 107 Å². The second kappa shape index (κ2) is 41.7. The van der Waals surface area contributed by atoms with Gasteiger partial charge < -0.3 is 101 Å². The van der Waals surface area contributed by atoms with Crippen molar-refractivity contribution in [1.82, 2.24) is 78.3 Å². The molecule has 608 valence electrons. The van der Waals surface area contributed by atoms with Crippen molar-refractivity contribution < 1.29 is 82.1 Å². The molecule has 36 nitrogen and oxygen atoms in total. The number of hydrogen-bond acceptors (Lipinski definition) is 20. The van der Waals surface area contributed by atoms with Crippen LogP contribution in [0.1, 0.15) is 115 Å². The van der Waals surface area contributed by atoms with Crippen LogP contribution in [0, 0.1) is 5.41 Å². The number of nitrogens with zero attached hydrogens (tertiary/aromatic N) is 3. The van der Waals surface area contributed by atoms with Crippen LogP contribution in [0.3, 0.4) is 0 Å². The normalized spacial score (nSPS) is 22.3. The van der Waals surface area contributed by atoms with Gasteiger partial charge in [0.25, 0.3) is 0 Å². The first-order valence-electron chi connectivity index (χ1n) is 37.2. The molecule has 0 radical (unpaired) electrons. The van der Waals surface area contributed by atoms with Gasteiger partial charge in [-0.2, -0.15) is 0 Å². The van der Waals surface area contributed by atoms with E-state index in [1.54, 1.807) is 30.3 Å². The number of benzene rings is 4. The molecule has 0 saturated carbocycles. The van der Waals surface area contributed by atoms with Gasteiger partial charge in [-0.25, -0.2) is 4.98 Å². The van der Waals surface area contributed by atoms with E-state index in [9.17, 15) is 48.6 Å². The van der Waals surface area contributed by atoms with Gasteiger partial charge in [-0.15, -0.1) is 0 Å². The predicted octanol–water partition coefficient (Wildman–Crippen LogP) is -1.38. The molecule has 3 fully saturated rings. The number of H-pyrrole nitrogens is 1. The second-order valence-electron chi connectivity index (χ2n) is 28.5. The van der Waals surface area contributed by atoms with Crippen LogP contribution in [0.2, 0.25) is 0 Å². The van der Waals surface area contributed by atoms with Crippen molar-refractivity contribution in [3.8, 4) is 0 Å². The highest BCUT2D eigenvalue weighted by molar-refractivity contribution is 8.76. The van der Waals surface area contributed by atoms with Crippen molar-refractivity contribution in [3.63, 3.8) is 0 Å². The molecule has 11 atom stereocenters. The molecule has 8 rings (SSSR count). The molecule has 0 bridgehead atoms. The van der Waals surface area contributed by atoms with E-state index < -0.39 is 186 Å². The molecule has 3 saturated heterocycles. The fourth-order valence-corrected chi connectivity index (χ4v) is 15.8. The molecule has 1 aromatic heterocycles. The Kier molecular flexibility index (Phi) is 32.2. The number of aromatic nitrogens is 2. The van der Waals surface area contributed by atoms with Crippen LogP contribution in [-0.4, -0.2) is 234 Å². The molecule has 21 N–H and O–H groups in total. The third kappa shape index (κ3) is 25.8. The smallest absolute Gasteiger partial charge is 0.305 e. The summed E-state index contributed by atoms with van der Waals surface area (Å²) in [7, 11) is 1.84. The zero-order valence-corrected chi connectivity index (χ0v) is 64.5. The van der Waals surface area contributed by atoms with Crippen molar-refractivity contribution in [2.24, 2.45) is 17.2 Å². The van der Waals surface area contributed by atoms with Crippen LogP contribution >= 0.6 is 21.6 Å². The van der Waals surface area contributed by atoms with Crippen molar-refractivity contribution in [2.45, 2.75) is 189 Å². The SMILES string of the molecule is CC(=O)N[C@H]1CSSC[C@@H](C(=O)N2CCC[C@H]2C(=O)N2CCC[C@H]2C(=O)N[C@@H](CCCCN)C(=O)N[C@@H](CC(=O)O)C(N)=O)NC(=O)C(C)(C)NC(=O)[C@H](Cc2ccc3ccccc3c2)NC(=O)[C@H](CCCNC(=N)N)NC(=O)[C@@H](Cc2ccc3ccccc3c2)NC(=O)[C@H](Cc2c[nH]cn2)NC(=O)[C@H](CCC(=O)O)NC1=O. The van der Waals surface area contributed by atoms with Gasteiger partial charge >= 0.3 is 11.9 Å². The molecule has 13 amide bonds. The van der Waals surface area contributed by atoms with E-state index >= 15 is 33.6 Å². The Morgan fingerprint density at radius 2 is 1.16 bits per heavy atom. The Bertz CT molecular complexity index is 4320. The van der Waals surface area contributed by atoms with Crippen molar-refractivity contribution in [1.29, 1.82) is 5.41 Å². The Hall–Kier alpha value is -11.4. The number of nitrogens with two attached hydrogens (primary N) is 3. The summed E-state index contributed by atoms with van der Waals surface area (Å²) >= 11 is 0. The number of primary amides is 1. The lowest BCUT2D eigenvalue weighted by molar-refractivity contribution is -0.148. The quantitative estimate of drug-likeness (QED) is 0.0125. The Morgan fingerprint density at radius 3 is 1.72 bits per heavy atom. The number of carboxylic acids is 2. The molecule has 0 unspecified atom stereocenters. The fourth-order valence-electron chi connectivity index (χ4n) is 13.4. The largest absolute Gasteiger partial charge is 0.481 e. The third-order valence-corrected chi connectivity index (χ3v) is 21.8. The van der Waals surface area contributed by atoms with E-state index in [0.29, 0.717) is 30.4 Å². The van der Waals surface area contributed by atoms with Crippen LogP contribution in [-0.2, 0) is 91.2 Å². The zero-order valence-electron chi connectivity index (χ0n) is 62.8. The van der Waals surface area contributed by atoms with Gasteiger partial charge in [0.2, 0.25) is 76.8 Å². The predicted molar refractivity (Wildman–Crippen MR) is 418 cm³/mol. The van der Waals surface area contributed by atoms with E-state index in [0.717, 1.165) is 50.1 Å². The number of amides is 13. The average molecular weight is 1600 g/mol. The van der Waals surface area contributed by atoms with E-state index in [2.05, 4.69) is 68.5 Å². The van der Waals surface area contributed by atoms with E-state index in [4.69, 9.17) is 22.6 Å². The lowest BCUT2D eigenvalue weighted by Gasteiger charge is -2.34. The molecular formula is C75H99N19O17S2.